The predicted octanol–water partition coefficient (Wildman–Crippen LogP) is 4.61. The summed E-state index contributed by atoms with van der Waals surface area (Å²) >= 11 is 0. The van der Waals surface area contributed by atoms with Crippen molar-refractivity contribution < 1.29 is 15.0 Å². The summed E-state index contributed by atoms with van der Waals surface area (Å²) in [5, 5.41) is 32.7. The van der Waals surface area contributed by atoms with Gasteiger partial charge in [-0.15, -0.1) is 0 Å². The van der Waals surface area contributed by atoms with E-state index in [-0.39, 0.29) is 11.8 Å². The van der Waals surface area contributed by atoms with Crippen LogP contribution < -0.4 is 16.1 Å². The van der Waals surface area contributed by atoms with E-state index in [2.05, 4.69) is 50.4 Å². The second-order valence-corrected chi connectivity index (χ2v) is 12.1. The first-order valence-corrected chi connectivity index (χ1v) is 16.0. The van der Waals surface area contributed by atoms with Crippen LogP contribution in [0.4, 0.5) is 11.8 Å². The molecule has 2 aliphatic carbocycles. The molecule has 11 nitrogen and oxygen atoms in total. The van der Waals surface area contributed by atoms with Crippen molar-refractivity contribution in [3.63, 3.8) is 0 Å². The normalized spacial score (nSPS) is 22.3. The van der Waals surface area contributed by atoms with E-state index in [4.69, 9.17) is 9.97 Å². The van der Waals surface area contributed by atoms with Crippen molar-refractivity contribution in [1.29, 1.82) is 0 Å². The Morgan fingerprint density at radius 3 is 2.36 bits per heavy atom. The highest BCUT2D eigenvalue weighted by Crippen LogP contribution is 2.35. The molecule has 236 valence electrons. The number of fused-ring (bicyclic) bond motifs is 1. The van der Waals surface area contributed by atoms with Crippen LogP contribution in [0.1, 0.15) is 75.0 Å². The number of hydrazone groups is 1. The lowest BCUT2D eigenvalue weighted by molar-refractivity contribution is -0.122. The lowest BCUT2D eigenvalue weighted by atomic mass is 9.90. The first-order chi connectivity index (χ1) is 22.0. The Balaban J connectivity index is 1.32. The zero-order valence-electron chi connectivity index (χ0n) is 25.6. The van der Waals surface area contributed by atoms with Gasteiger partial charge in [-0.2, -0.15) is 15.1 Å². The lowest BCUT2D eigenvalue weighted by Gasteiger charge is -2.20. The summed E-state index contributed by atoms with van der Waals surface area (Å²) in [6.07, 6.45) is 7.93. The van der Waals surface area contributed by atoms with Crippen LogP contribution in [0.2, 0.25) is 0 Å². The van der Waals surface area contributed by atoms with Gasteiger partial charge in [-0.05, 0) is 36.3 Å². The molecule has 1 amide bonds. The maximum Gasteiger partial charge on any atom is 0.247 e. The molecule has 4 aromatic rings. The number of aliphatic hydroxyl groups is 2. The van der Waals surface area contributed by atoms with Gasteiger partial charge in [-0.1, -0.05) is 86.8 Å². The third-order valence-corrected chi connectivity index (χ3v) is 9.08. The van der Waals surface area contributed by atoms with Gasteiger partial charge in [0.25, 0.3) is 0 Å². The van der Waals surface area contributed by atoms with Crippen LogP contribution in [0.25, 0.3) is 11.2 Å². The van der Waals surface area contributed by atoms with E-state index in [1.807, 2.05) is 42.6 Å². The van der Waals surface area contributed by atoms with E-state index in [1.54, 1.807) is 17.8 Å². The molecule has 2 saturated carbocycles. The van der Waals surface area contributed by atoms with Gasteiger partial charge in [-0.25, -0.2) is 10.4 Å². The molecular weight excluding hydrogens is 568 g/mol. The fourth-order valence-electron chi connectivity index (χ4n) is 6.55. The lowest BCUT2D eigenvalue weighted by Crippen LogP contribution is -2.42. The maximum atomic E-state index is 12.1. The fraction of sp³-hybridized carbons (Fsp3) is 0.441. The zero-order chi connectivity index (χ0) is 31.2. The molecule has 0 radical (unpaired) electrons. The second kappa shape index (κ2) is 14.2. The number of nitrogens with one attached hydrogen (secondary N) is 3. The third-order valence-electron chi connectivity index (χ3n) is 9.08. The van der Waals surface area contributed by atoms with Gasteiger partial charge < -0.3 is 25.4 Å². The second-order valence-electron chi connectivity index (χ2n) is 12.1. The molecule has 2 aromatic carbocycles. The van der Waals surface area contributed by atoms with Gasteiger partial charge in [0, 0.05) is 25.1 Å². The van der Waals surface area contributed by atoms with Crippen LogP contribution in [0.5, 0.6) is 0 Å². The Kier molecular flexibility index (Phi) is 9.66. The van der Waals surface area contributed by atoms with Crippen LogP contribution in [0, 0.1) is 5.92 Å². The number of aromatic nitrogens is 4. The molecule has 2 fully saturated rings. The smallest absolute Gasteiger partial charge is 0.247 e. The van der Waals surface area contributed by atoms with Crippen LogP contribution in [-0.2, 0) is 4.79 Å². The largest absolute Gasteiger partial charge is 0.388 e. The predicted molar refractivity (Wildman–Crippen MR) is 175 cm³/mol. The number of aliphatic hydroxyl groups excluding tert-OH is 2. The van der Waals surface area contributed by atoms with Gasteiger partial charge in [0.1, 0.15) is 12.2 Å². The van der Waals surface area contributed by atoms with Crippen LogP contribution in [-0.4, -0.2) is 66.6 Å². The highest BCUT2D eigenvalue weighted by atomic mass is 16.3. The van der Waals surface area contributed by atoms with Gasteiger partial charge in [0.05, 0.1) is 18.4 Å². The van der Waals surface area contributed by atoms with E-state index in [0.717, 1.165) is 12.8 Å². The third kappa shape index (κ3) is 6.99. The molecule has 45 heavy (non-hydrogen) atoms. The molecule has 2 heterocycles. The van der Waals surface area contributed by atoms with Crippen molar-refractivity contribution in [1.82, 2.24) is 24.8 Å². The number of imidazole rings is 1. The van der Waals surface area contributed by atoms with Crippen LogP contribution >= 0.6 is 0 Å². The summed E-state index contributed by atoms with van der Waals surface area (Å²) in [5.41, 5.74) is 6.43. The van der Waals surface area contributed by atoms with Crippen LogP contribution in [0.15, 0.2) is 72.1 Å². The minimum Gasteiger partial charge on any atom is -0.388 e. The minimum atomic E-state index is -1.11. The van der Waals surface area contributed by atoms with E-state index in [0.29, 0.717) is 48.2 Å². The first-order valence-electron chi connectivity index (χ1n) is 16.0. The molecule has 4 atom stereocenters. The van der Waals surface area contributed by atoms with Gasteiger partial charge in [0.15, 0.2) is 17.0 Å². The number of carbonyl (C=O) groups is 1. The van der Waals surface area contributed by atoms with Crippen LogP contribution in [0.3, 0.4) is 0 Å². The van der Waals surface area contributed by atoms with Gasteiger partial charge >= 0.3 is 0 Å². The SMILES string of the molecule is CCC(=O)N[C@H]1C[C@@H](n2cnc3c(NCC(c4ccccc4)c4ccccc4)nc(N/N=C/C4CCCCC4)nc32)[C@H](O)[C@@H]1O. The van der Waals surface area contributed by atoms with Crippen molar-refractivity contribution in [2.24, 2.45) is 11.0 Å². The Bertz CT molecular complexity index is 1550. The highest BCUT2D eigenvalue weighted by molar-refractivity contribution is 5.84. The zero-order valence-corrected chi connectivity index (χ0v) is 25.6. The maximum absolute atomic E-state index is 12.1. The number of benzene rings is 2. The Hall–Kier alpha value is -4.35. The summed E-state index contributed by atoms with van der Waals surface area (Å²) < 4.78 is 1.77. The number of nitrogens with zero attached hydrogens (tertiary/aromatic N) is 5. The van der Waals surface area contributed by atoms with Crippen molar-refractivity contribution in [3.05, 3.63) is 78.1 Å². The van der Waals surface area contributed by atoms with Crippen molar-refractivity contribution >= 4 is 35.1 Å². The van der Waals surface area contributed by atoms with E-state index in [1.165, 1.54) is 30.4 Å². The average molecular weight is 611 g/mol. The minimum absolute atomic E-state index is 0.0509. The molecule has 6 rings (SSSR count). The molecule has 0 saturated heterocycles. The molecule has 2 aliphatic rings. The quantitative estimate of drug-likeness (QED) is 0.122. The molecule has 5 N–H and O–H groups in total. The standard InChI is InChI=1S/C34H42N8O3/c1-2-28(43)38-26-18-27(31(45)30(26)44)42-21-36-29-32(39-34(40-33(29)42)41-37-19-22-12-6-3-7-13-22)35-20-25(23-14-8-4-9-15-23)24-16-10-5-11-17-24/h4-5,8-11,14-17,19,21-22,25-27,30-31,44-45H,2-3,6-7,12-13,18,20H2,1H3,(H,38,43)(H2,35,39,40,41)/b37-19+/t26-,27+,30+,31-/m0/s1. The molecule has 2 aromatic heterocycles. The molecular formula is C34H42N8O3. The summed E-state index contributed by atoms with van der Waals surface area (Å²) in [7, 11) is 0. The Morgan fingerprint density at radius 2 is 1.69 bits per heavy atom. The number of amides is 1. The number of rotatable bonds is 11. The monoisotopic (exact) mass is 610 g/mol. The van der Waals surface area contributed by atoms with Crippen molar-refractivity contribution in [3.8, 4) is 0 Å². The topological polar surface area (TPSA) is 150 Å². The van der Waals surface area contributed by atoms with Crippen molar-refractivity contribution in [2.75, 3.05) is 17.3 Å². The summed E-state index contributed by atoms with van der Waals surface area (Å²) in [4.78, 5) is 26.3. The number of hydrogen-bond acceptors (Lipinski definition) is 9. The summed E-state index contributed by atoms with van der Waals surface area (Å²) in [6.45, 7) is 2.30. The molecule has 0 spiro atoms. The fourth-order valence-corrected chi connectivity index (χ4v) is 6.55. The molecule has 0 aliphatic heterocycles. The molecule has 11 heteroatoms. The molecule has 0 unspecified atom stereocenters. The number of carbonyl (C=O) groups excluding carboxylic acids is 1. The summed E-state index contributed by atoms with van der Waals surface area (Å²) in [5.74, 6) is 1.15. The average Bonchev–Trinajstić information content (AvgIpc) is 3.62. The first kappa shape index (κ1) is 30.7. The number of hydrogen-bond donors (Lipinski definition) is 5. The Morgan fingerprint density at radius 1 is 1.00 bits per heavy atom. The van der Waals surface area contributed by atoms with E-state index in [9.17, 15) is 15.0 Å². The van der Waals surface area contributed by atoms with Gasteiger partial charge in [-0.3, -0.25) is 4.79 Å². The van der Waals surface area contributed by atoms with Gasteiger partial charge in [0.2, 0.25) is 11.9 Å². The highest BCUT2D eigenvalue weighted by Gasteiger charge is 2.43. The van der Waals surface area contributed by atoms with E-state index >= 15 is 0 Å². The van der Waals surface area contributed by atoms with E-state index < -0.39 is 24.3 Å². The molecule has 0 bridgehead atoms. The number of anilines is 2. The Labute approximate surface area is 263 Å². The van der Waals surface area contributed by atoms with Crippen molar-refractivity contribution in [2.45, 2.75) is 82.1 Å². The summed E-state index contributed by atoms with van der Waals surface area (Å²) in [6, 6.07) is 19.6.